The molecule has 0 saturated carbocycles. The summed E-state index contributed by atoms with van der Waals surface area (Å²) < 4.78 is 5.33. The number of aromatic nitrogens is 2. The number of nitrogens with zero attached hydrogens (tertiary/aromatic N) is 4. The van der Waals surface area contributed by atoms with E-state index in [1.165, 1.54) is 0 Å². The molecular formula is C19H25N5O2. The lowest BCUT2D eigenvalue weighted by molar-refractivity contribution is 0.0299. The van der Waals surface area contributed by atoms with Gasteiger partial charge in [0.25, 0.3) is 5.91 Å². The Morgan fingerprint density at radius 1 is 1.19 bits per heavy atom. The molecule has 138 valence electrons. The van der Waals surface area contributed by atoms with Crippen molar-refractivity contribution >= 4 is 11.7 Å². The summed E-state index contributed by atoms with van der Waals surface area (Å²) in [5.41, 5.74) is 1.30. The fourth-order valence-electron chi connectivity index (χ4n) is 2.70. The highest BCUT2D eigenvalue weighted by molar-refractivity contribution is 5.93. The topological polar surface area (TPSA) is 70.6 Å². The molecule has 0 spiro atoms. The molecule has 0 radical (unpaired) electrons. The predicted octanol–water partition coefficient (Wildman–Crippen LogP) is 1.59. The molecule has 1 fully saturated rings. The normalized spacial score (nSPS) is 14.5. The molecule has 1 N–H and O–H groups in total. The lowest BCUT2D eigenvalue weighted by atomic mass is 10.2. The van der Waals surface area contributed by atoms with Crippen LogP contribution in [-0.4, -0.2) is 79.2 Å². The van der Waals surface area contributed by atoms with Gasteiger partial charge in [-0.3, -0.25) is 4.79 Å². The number of nitrogens with one attached hydrogen (secondary N) is 1. The van der Waals surface area contributed by atoms with Gasteiger partial charge in [0.15, 0.2) is 5.82 Å². The van der Waals surface area contributed by atoms with Gasteiger partial charge in [0.2, 0.25) is 0 Å². The number of anilines is 1. The summed E-state index contributed by atoms with van der Waals surface area (Å²) in [7, 11) is 4.04. The predicted molar refractivity (Wildman–Crippen MR) is 101 cm³/mol. The first-order valence-electron chi connectivity index (χ1n) is 8.83. The third-order valence-electron chi connectivity index (χ3n) is 4.14. The van der Waals surface area contributed by atoms with Crippen molar-refractivity contribution in [1.82, 2.24) is 19.8 Å². The van der Waals surface area contributed by atoms with Gasteiger partial charge in [0.1, 0.15) is 11.5 Å². The van der Waals surface area contributed by atoms with Crippen molar-refractivity contribution in [3.63, 3.8) is 0 Å². The van der Waals surface area contributed by atoms with E-state index < -0.39 is 0 Å². The van der Waals surface area contributed by atoms with Gasteiger partial charge >= 0.3 is 0 Å². The van der Waals surface area contributed by atoms with Crippen LogP contribution in [0.15, 0.2) is 36.4 Å². The third-order valence-corrected chi connectivity index (χ3v) is 4.14. The maximum absolute atomic E-state index is 12.9. The third kappa shape index (κ3) is 4.77. The number of amides is 1. The second-order valence-corrected chi connectivity index (χ2v) is 6.46. The average Bonchev–Trinajstić information content (AvgIpc) is 2.68. The number of rotatable bonds is 6. The minimum absolute atomic E-state index is 0.0801. The fraction of sp³-hybridized carbons (Fsp3) is 0.421. The van der Waals surface area contributed by atoms with E-state index in [1.807, 2.05) is 44.4 Å². The zero-order valence-electron chi connectivity index (χ0n) is 15.3. The van der Waals surface area contributed by atoms with E-state index in [9.17, 15) is 4.79 Å². The lowest BCUT2D eigenvalue weighted by Gasteiger charge is -2.26. The van der Waals surface area contributed by atoms with Crippen LogP contribution in [-0.2, 0) is 4.74 Å². The second-order valence-electron chi connectivity index (χ2n) is 6.46. The number of carbonyl (C=O) groups excluding carboxylic acids is 1. The van der Waals surface area contributed by atoms with Gasteiger partial charge in [0, 0.05) is 37.8 Å². The monoisotopic (exact) mass is 355 g/mol. The van der Waals surface area contributed by atoms with E-state index in [4.69, 9.17) is 4.74 Å². The molecule has 0 unspecified atom stereocenters. The van der Waals surface area contributed by atoms with Crippen molar-refractivity contribution in [3.8, 4) is 11.4 Å². The molecule has 1 aliphatic rings. The summed E-state index contributed by atoms with van der Waals surface area (Å²) in [6, 6.07) is 11.5. The number of morpholine rings is 1. The summed E-state index contributed by atoms with van der Waals surface area (Å²) in [6.07, 6.45) is 0. The smallest absolute Gasteiger partial charge is 0.272 e. The van der Waals surface area contributed by atoms with E-state index in [0.717, 1.165) is 18.7 Å². The minimum Gasteiger partial charge on any atom is -0.378 e. The molecule has 1 amide bonds. The fourth-order valence-corrected chi connectivity index (χ4v) is 2.70. The molecule has 0 aliphatic carbocycles. The highest BCUT2D eigenvalue weighted by atomic mass is 16.5. The van der Waals surface area contributed by atoms with Gasteiger partial charge in [-0.2, -0.15) is 0 Å². The molecule has 1 aromatic heterocycles. The maximum atomic E-state index is 12.9. The van der Waals surface area contributed by atoms with Crippen LogP contribution in [0.1, 0.15) is 10.5 Å². The standard InChI is InChI=1S/C19H25N5O2/c1-23(2)9-8-20-17-14-16(19(25)24-10-12-26-13-11-24)21-18(22-17)15-6-4-3-5-7-15/h3-7,14H,8-13H2,1-2H3,(H,20,21,22). The van der Waals surface area contributed by atoms with Crippen molar-refractivity contribution in [2.24, 2.45) is 0 Å². The SMILES string of the molecule is CN(C)CCNc1cc(C(=O)N2CCOCC2)nc(-c2ccccc2)n1. The van der Waals surface area contributed by atoms with Gasteiger partial charge in [-0.25, -0.2) is 9.97 Å². The van der Waals surface area contributed by atoms with Crippen LogP contribution < -0.4 is 5.32 Å². The number of likely N-dealkylation sites (N-methyl/N-ethyl adjacent to an activating group) is 1. The van der Waals surface area contributed by atoms with Crippen molar-refractivity contribution < 1.29 is 9.53 Å². The Hall–Kier alpha value is -2.51. The van der Waals surface area contributed by atoms with E-state index in [0.29, 0.717) is 43.6 Å². The van der Waals surface area contributed by atoms with Gasteiger partial charge in [0.05, 0.1) is 13.2 Å². The quantitative estimate of drug-likeness (QED) is 0.849. The number of carbonyl (C=O) groups is 1. The Kier molecular flexibility index (Phi) is 6.14. The van der Waals surface area contributed by atoms with Gasteiger partial charge in [-0.1, -0.05) is 30.3 Å². The number of hydrogen-bond donors (Lipinski definition) is 1. The van der Waals surface area contributed by atoms with Crippen LogP contribution in [0.2, 0.25) is 0 Å². The first kappa shape index (κ1) is 18.3. The molecule has 2 heterocycles. The van der Waals surface area contributed by atoms with Crippen LogP contribution >= 0.6 is 0 Å². The average molecular weight is 355 g/mol. The maximum Gasteiger partial charge on any atom is 0.272 e. The van der Waals surface area contributed by atoms with Crippen molar-refractivity contribution in [2.45, 2.75) is 0 Å². The minimum atomic E-state index is -0.0801. The molecule has 3 rings (SSSR count). The molecule has 0 atom stereocenters. The molecule has 0 bridgehead atoms. The van der Waals surface area contributed by atoms with E-state index in [-0.39, 0.29) is 5.91 Å². The van der Waals surface area contributed by atoms with Crippen molar-refractivity contribution in [2.75, 3.05) is 58.8 Å². The van der Waals surface area contributed by atoms with Crippen molar-refractivity contribution in [3.05, 3.63) is 42.1 Å². The zero-order valence-corrected chi connectivity index (χ0v) is 15.3. The first-order chi connectivity index (χ1) is 12.6. The van der Waals surface area contributed by atoms with E-state index in [1.54, 1.807) is 11.0 Å². The summed E-state index contributed by atoms with van der Waals surface area (Å²) in [6.45, 7) is 3.92. The number of ether oxygens (including phenoxy) is 1. The molecule has 7 heteroatoms. The molecule has 1 aliphatic heterocycles. The highest BCUT2D eigenvalue weighted by Crippen LogP contribution is 2.19. The van der Waals surface area contributed by atoms with Crippen molar-refractivity contribution in [1.29, 1.82) is 0 Å². The molecule has 1 saturated heterocycles. The van der Waals surface area contributed by atoms with Gasteiger partial charge in [-0.05, 0) is 14.1 Å². The number of hydrogen-bond acceptors (Lipinski definition) is 6. The summed E-state index contributed by atoms with van der Waals surface area (Å²) in [5.74, 6) is 1.14. The van der Waals surface area contributed by atoms with Crippen LogP contribution in [0.25, 0.3) is 11.4 Å². The Morgan fingerprint density at radius 3 is 2.62 bits per heavy atom. The Morgan fingerprint density at radius 2 is 1.92 bits per heavy atom. The lowest BCUT2D eigenvalue weighted by Crippen LogP contribution is -2.41. The summed E-state index contributed by atoms with van der Waals surface area (Å²) >= 11 is 0. The highest BCUT2D eigenvalue weighted by Gasteiger charge is 2.21. The largest absolute Gasteiger partial charge is 0.378 e. The Bertz CT molecular complexity index is 730. The first-order valence-corrected chi connectivity index (χ1v) is 8.83. The van der Waals surface area contributed by atoms with Gasteiger partial charge in [-0.15, -0.1) is 0 Å². The van der Waals surface area contributed by atoms with Gasteiger partial charge < -0.3 is 19.9 Å². The van der Waals surface area contributed by atoms with Crippen LogP contribution in [0.4, 0.5) is 5.82 Å². The van der Waals surface area contributed by atoms with E-state index >= 15 is 0 Å². The number of benzene rings is 1. The molecule has 1 aromatic carbocycles. The molecule has 2 aromatic rings. The summed E-state index contributed by atoms with van der Waals surface area (Å²) in [5, 5.41) is 3.30. The zero-order chi connectivity index (χ0) is 18.4. The van der Waals surface area contributed by atoms with Crippen LogP contribution in [0, 0.1) is 0 Å². The Balaban J connectivity index is 1.87. The van der Waals surface area contributed by atoms with E-state index in [2.05, 4.69) is 20.2 Å². The van der Waals surface area contributed by atoms with Crippen LogP contribution in [0.3, 0.4) is 0 Å². The Labute approximate surface area is 154 Å². The summed E-state index contributed by atoms with van der Waals surface area (Å²) in [4.78, 5) is 25.9. The molecule has 26 heavy (non-hydrogen) atoms. The molecule has 7 nitrogen and oxygen atoms in total. The second kappa shape index (κ2) is 8.73. The van der Waals surface area contributed by atoms with Crippen LogP contribution in [0.5, 0.6) is 0 Å². The molecular weight excluding hydrogens is 330 g/mol.